The molecule has 2 aromatic rings. The molecule has 0 radical (unpaired) electrons. The molecule has 1 unspecified atom stereocenters. The largest absolute Gasteiger partial charge is 0.318 e. The number of hydrogen-bond donors (Lipinski definition) is 0. The topological polar surface area (TPSA) is 20.3 Å². The van der Waals surface area contributed by atoms with Crippen LogP contribution < -0.4 is 0 Å². The van der Waals surface area contributed by atoms with Gasteiger partial charge in [0, 0.05) is 12.1 Å². The molecule has 0 fully saturated rings. The van der Waals surface area contributed by atoms with E-state index in [0.717, 1.165) is 11.3 Å². The number of rotatable bonds is 6. The number of amides is 1. The average Bonchev–Trinajstić information content (AvgIpc) is 2.82. The van der Waals surface area contributed by atoms with Crippen LogP contribution in [-0.4, -0.2) is 16.6 Å². The number of carbonyl (C=O) groups is 1. The normalized spacial score (nSPS) is 16.9. The van der Waals surface area contributed by atoms with Crippen LogP contribution in [0.25, 0.3) is 0 Å². The van der Waals surface area contributed by atoms with Gasteiger partial charge in [-0.2, -0.15) is 0 Å². The van der Waals surface area contributed by atoms with Gasteiger partial charge in [-0.1, -0.05) is 61.9 Å². The second-order valence-corrected chi connectivity index (χ2v) is 6.77. The summed E-state index contributed by atoms with van der Waals surface area (Å²) in [7, 11) is 0. The van der Waals surface area contributed by atoms with E-state index >= 15 is 0 Å². The molecule has 3 rings (SSSR count). The van der Waals surface area contributed by atoms with Crippen molar-refractivity contribution >= 4 is 17.7 Å². The van der Waals surface area contributed by atoms with Gasteiger partial charge in [-0.05, 0) is 29.4 Å². The van der Waals surface area contributed by atoms with E-state index in [1.54, 1.807) is 0 Å². The minimum absolute atomic E-state index is 0.149. The molecule has 1 amide bonds. The first-order valence-electron chi connectivity index (χ1n) is 7.86. The summed E-state index contributed by atoms with van der Waals surface area (Å²) < 4.78 is 0. The highest BCUT2D eigenvalue weighted by Gasteiger charge is 2.36. The molecule has 22 heavy (non-hydrogen) atoms. The second-order valence-electron chi connectivity index (χ2n) is 5.58. The van der Waals surface area contributed by atoms with Crippen LogP contribution in [-0.2, 0) is 6.54 Å². The van der Waals surface area contributed by atoms with Gasteiger partial charge in [-0.3, -0.25) is 4.79 Å². The number of thioether (sulfide) groups is 1. The van der Waals surface area contributed by atoms with Crippen molar-refractivity contribution in [3.05, 3.63) is 71.3 Å². The maximum Gasteiger partial charge on any atom is 0.255 e. The lowest BCUT2D eigenvalue weighted by Gasteiger charge is -2.25. The van der Waals surface area contributed by atoms with Crippen molar-refractivity contribution in [1.82, 2.24) is 4.90 Å². The van der Waals surface area contributed by atoms with Crippen LogP contribution >= 0.6 is 11.8 Å². The molecule has 0 aliphatic carbocycles. The SMILES string of the molecule is CCCCSC1c2ccccc2C(=O)N1Cc1ccccc1. The monoisotopic (exact) mass is 311 g/mol. The molecule has 1 aliphatic heterocycles. The Balaban J connectivity index is 1.85. The van der Waals surface area contributed by atoms with E-state index in [1.807, 2.05) is 53.1 Å². The lowest BCUT2D eigenvalue weighted by molar-refractivity contribution is 0.0761. The molecule has 0 N–H and O–H groups in total. The van der Waals surface area contributed by atoms with E-state index in [9.17, 15) is 4.79 Å². The molecule has 1 aliphatic rings. The standard InChI is InChI=1S/C19H21NOS/c1-2-3-13-22-19-17-12-8-7-11-16(17)18(21)20(19)14-15-9-5-4-6-10-15/h4-12,19H,2-3,13-14H2,1H3. The van der Waals surface area contributed by atoms with Gasteiger partial charge >= 0.3 is 0 Å². The van der Waals surface area contributed by atoms with Gasteiger partial charge in [-0.15, -0.1) is 11.8 Å². The number of fused-ring (bicyclic) bond motifs is 1. The Morgan fingerprint density at radius 1 is 1.05 bits per heavy atom. The summed E-state index contributed by atoms with van der Waals surface area (Å²) in [5.41, 5.74) is 3.22. The average molecular weight is 311 g/mol. The van der Waals surface area contributed by atoms with E-state index in [1.165, 1.54) is 24.0 Å². The zero-order chi connectivity index (χ0) is 15.4. The van der Waals surface area contributed by atoms with Gasteiger partial charge in [-0.25, -0.2) is 0 Å². The smallest absolute Gasteiger partial charge is 0.255 e. The summed E-state index contributed by atoms with van der Waals surface area (Å²) in [4.78, 5) is 14.8. The highest BCUT2D eigenvalue weighted by molar-refractivity contribution is 7.99. The van der Waals surface area contributed by atoms with Crippen molar-refractivity contribution < 1.29 is 4.79 Å². The summed E-state index contributed by atoms with van der Waals surface area (Å²) in [6.45, 7) is 2.88. The van der Waals surface area contributed by atoms with Crippen molar-refractivity contribution in [3.63, 3.8) is 0 Å². The van der Waals surface area contributed by atoms with E-state index in [4.69, 9.17) is 0 Å². The van der Waals surface area contributed by atoms with E-state index in [0.29, 0.717) is 6.54 Å². The molecule has 0 saturated carbocycles. The fourth-order valence-corrected chi connectivity index (χ4v) is 4.20. The molecule has 114 valence electrons. The summed E-state index contributed by atoms with van der Waals surface area (Å²) >= 11 is 1.89. The van der Waals surface area contributed by atoms with Crippen LogP contribution in [0.4, 0.5) is 0 Å². The maximum atomic E-state index is 12.8. The molecule has 2 nitrogen and oxygen atoms in total. The predicted molar refractivity (Wildman–Crippen MR) is 92.9 cm³/mol. The van der Waals surface area contributed by atoms with Gasteiger partial charge in [0.1, 0.15) is 5.37 Å². The van der Waals surface area contributed by atoms with Crippen LogP contribution in [0.2, 0.25) is 0 Å². The van der Waals surface area contributed by atoms with Crippen LogP contribution in [0.1, 0.15) is 46.6 Å². The summed E-state index contributed by atoms with van der Waals surface area (Å²) in [6.07, 6.45) is 2.38. The quantitative estimate of drug-likeness (QED) is 0.709. The summed E-state index contributed by atoms with van der Waals surface area (Å²) in [5, 5.41) is 0.149. The van der Waals surface area contributed by atoms with Gasteiger partial charge in [0.2, 0.25) is 0 Å². The third-order valence-corrected chi connectivity index (χ3v) is 5.32. The molecule has 0 bridgehead atoms. The molecule has 0 spiro atoms. The minimum Gasteiger partial charge on any atom is -0.318 e. The molecule has 1 heterocycles. The zero-order valence-electron chi connectivity index (χ0n) is 12.9. The number of unbranched alkanes of at least 4 members (excludes halogenated alkanes) is 1. The predicted octanol–water partition coefficient (Wildman–Crippen LogP) is 4.87. The fraction of sp³-hybridized carbons (Fsp3) is 0.316. The van der Waals surface area contributed by atoms with Crippen molar-refractivity contribution in [2.24, 2.45) is 0 Å². The van der Waals surface area contributed by atoms with E-state index < -0.39 is 0 Å². The van der Waals surface area contributed by atoms with E-state index in [2.05, 4.69) is 25.1 Å². The molecule has 3 heteroatoms. The van der Waals surface area contributed by atoms with Crippen LogP contribution in [0.5, 0.6) is 0 Å². The van der Waals surface area contributed by atoms with Crippen molar-refractivity contribution in [3.8, 4) is 0 Å². The molecule has 1 atom stereocenters. The number of nitrogens with zero attached hydrogens (tertiary/aromatic N) is 1. The Bertz CT molecular complexity index is 641. The lowest BCUT2D eigenvalue weighted by atomic mass is 10.1. The number of benzene rings is 2. The molecular formula is C19H21NOS. The second kappa shape index (κ2) is 7.01. The zero-order valence-corrected chi connectivity index (χ0v) is 13.7. The lowest BCUT2D eigenvalue weighted by Crippen LogP contribution is -2.26. The van der Waals surface area contributed by atoms with Crippen molar-refractivity contribution in [1.29, 1.82) is 0 Å². The summed E-state index contributed by atoms with van der Waals surface area (Å²) in [5.74, 6) is 1.25. The Kier molecular flexibility index (Phi) is 4.84. The van der Waals surface area contributed by atoms with Crippen LogP contribution in [0.15, 0.2) is 54.6 Å². The third-order valence-electron chi connectivity index (χ3n) is 3.97. The summed E-state index contributed by atoms with van der Waals surface area (Å²) in [6, 6.07) is 18.3. The van der Waals surface area contributed by atoms with Gasteiger partial charge in [0.25, 0.3) is 5.91 Å². The molecule has 2 aromatic carbocycles. The van der Waals surface area contributed by atoms with Gasteiger partial charge < -0.3 is 4.90 Å². The molecule has 0 aromatic heterocycles. The van der Waals surface area contributed by atoms with Crippen molar-refractivity contribution in [2.45, 2.75) is 31.7 Å². The Morgan fingerprint density at radius 3 is 2.55 bits per heavy atom. The van der Waals surface area contributed by atoms with Crippen LogP contribution in [0.3, 0.4) is 0 Å². The van der Waals surface area contributed by atoms with E-state index in [-0.39, 0.29) is 11.3 Å². The van der Waals surface area contributed by atoms with Gasteiger partial charge in [0.05, 0.1) is 0 Å². The highest BCUT2D eigenvalue weighted by Crippen LogP contribution is 2.42. The van der Waals surface area contributed by atoms with Crippen LogP contribution in [0, 0.1) is 0 Å². The van der Waals surface area contributed by atoms with Gasteiger partial charge in [0.15, 0.2) is 0 Å². The Hall–Kier alpha value is -1.74. The first-order chi connectivity index (χ1) is 10.8. The number of carbonyl (C=O) groups excluding carboxylic acids is 1. The minimum atomic E-state index is 0.149. The first-order valence-corrected chi connectivity index (χ1v) is 8.91. The number of hydrogen-bond acceptors (Lipinski definition) is 2. The van der Waals surface area contributed by atoms with Crippen molar-refractivity contribution in [2.75, 3.05) is 5.75 Å². The fourth-order valence-electron chi connectivity index (χ4n) is 2.79. The highest BCUT2D eigenvalue weighted by atomic mass is 32.2. The Morgan fingerprint density at radius 2 is 1.77 bits per heavy atom. The Labute approximate surface area is 136 Å². The first kappa shape index (κ1) is 15.2. The molecule has 0 saturated heterocycles. The molecular weight excluding hydrogens is 290 g/mol. The maximum absolute atomic E-state index is 12.8. The third kappa shape index (κ3) is 3.05.